The van der Waals surface area contributed by atoms with Crippen molar-refractivity contribution in [2.45, 2.75) is 12.6 Å². The molecule has 0 N–H and O–H groups in total. The number of methoxy groups -OCH3 is 1. The molecule has 0 radical (unpaired) electrons. The van der Waals surface area contributed by atoms with Crippen molar-refractivity contribution < 1.29 is 19.1 Å². The molecule has 0 aliphatic carbocycles. The molecule has 33 heavy (non-hydrogen) atoms. The third-order valence-electron chi connectivity index (χ3n) is 5.80. The summed E-state index contributed by atoms with van der Waals surface area (Å²) >= 11 is 5.81. The van der Waals surface area contributed by atoms with Crippen molar-refractivity contribution in [2.24, 2.45) is 0 Å². The first-order chi connectivity index (χ1) is 16.0. The Balaban J connectivity index is 1.98. The van der Waals surface area contributed by atoms with Crippen molar-refractivity contribution in [3.8, 4) is 0 Å². The highest BCUT2D eigenvalue weighted by Gasteiger charge is 2.60. The fourth-order valence-electron chi connectivity index (χ4n) is 4.53. The summed E-state index contributed by atoms with van der Waals surface area (Å²) in [5.41, 5.74) is 1.97. The van der Waals surface area contributed by atoms with Crippen molar-refractivity contribution >= 4 is 29.4 Å². The summed E-state index contributed by atoms with van der Waals surface area (Å²) in [6.45, 7) is 2.39. The highest BCUT2D eigenvalue weighted by atomic mass is 35.5. The number of carbonyl (C=O) groups excluding carboxylic acids is 3. The van der Waals surface area contributed by atoms with Gasteiger partial charge in [0, 0.05) is 54.5 Å². The van der Waals surface area contributed by atoms with Gasteiger partial charge in [0.2, 0.25) is 0 Å². The summed E-state index contributed by atoms with van der Waals surface area (Å²) < 4.78 is 4.86. The lowest BCUT2D eigenvalue weighted by Gasteiger charge is -2.41. The Morgan fingerprint density at radius 1 is 1.15 bits per heavy atom. The summed E-state index contributed by atoms with van der Waals surface area (Å²) in [6, 6.07) is 3.09. The molecule has 2 aliphatic rings. The largest absolute Gasteiger partial charge is 0.465 e. The number of hydrogen-bond donors (Lipinski definition) is 0. The van der Waals surface area contributed by atoms with Crippen LogP contribution in [0.25, 0.3) is 0 Å². The second kappa shape index (κ2) is 8.99. The number of nitrogens with zero attached hydrogens (tertiary/aromatic N) is 4. The number of hydrogen-bond acceptors (Lipinski definition) is 6. The maximum absolute atomic E-state index is 14.0. The van der Waals surface area contributed by atoms with Gasteiger partial charge < -0.3 is 14.5 Å². The number of allylic oxidation sites excluding steroid dienone is 3. The number of fused-ring (bicyclic) bond motifs is 3. The Morgan fingerprint density at radius 3 is 2.64 bits per heavy atom. The highest BCUT2D eigenvalue weighted by molar-refractivity contribution is 6.25. The smallest absolute Gasteiger partial charge is 0.338 e. The van der Waals surface area contributed by atoms with Crippen LogP contribution in [0.15, 0.2) is 72.3 Å². The molecule has 0 aromatic carbocycles. The number of esters is 1. The molecule has 8 nitrogen and oxygen atoms in total. The van der Waals surface area contributed by atoms with Crippen LogP contribution in [0.2, 0.25) is 0 Å². The van der Waals surface area contributed by atoms with E-state index in [0.717, 1.165) is 0 Å². The Bertz CT molecular complexity index is 1220. The van der Waals surface area contributed by atoms with E-state index >= 15 is 0 Å². The van der Waals surface area contributed by atoms with E-state index in [0.29, 0.717) is 23.2 Å². The lowest BCUT2D eigenvalue weighted by molar-refractivity contribution is 0.0365. The molecular formula is C24H21ClN4O4. The molecule has 0 saturated carbocycles. The Labute approximate surface area is 195 Å². The Kier molecular flexibility index (Phi) is 6.11. The lowest BCUT2D eigenvalue weighted by Crippen LogP contribution is -2.52. The quantitative estimate of drug-likeness (QED) is 0.498. The van der Waals surface area contributed by atoms with Crippen molar-refractivity contribution in [1.82, 2.24) is 19.8 Å². The van der Waals surface area contributed by atoms with Crippen LogP contribution in [-0.2, 0) is 10.4 Å². The monoisotopic (exact) mass is 464 g/mol. The van der Waals surface area contributed by atoms with Crippen molar-refractivity contribution in [3.05, 3.63) is 94.6 Å². The van der Waals surface area contributed by atoms with Gasteiger partial charge in [0.05, 0.1) is 23.8 Å². The van der Waals surface area contributed by atoms with Gasteiger partial charge in [0.25, 0.3) is 11.8 Å². The van der Waals surface area contributed by atoms with Gasteiger partial charge in [-0.25, -0.2) is 4.79 Å². The van der Waals surface area contributed by atoms with Crippen LogP contribution in [0, 0.1) is 0 Å². The van der Waals surface area contributed by atoms with Gasteiger partial charge in [-0.05, 0) is 19.1 Å². The summed E-state index contributed by atoms with van der Waals surface area (Å²) in [5.74, 6) is -1.31. The number of aromatic nitrogens is 2. The molecule has 1 saturated heterocycles. The van der Waals surface area contributed by atoms with Gasteiger partial charge in [-0.3, -0.25) is 19.6 Å². The van der Waals surface area contributed by atoms with Crippen molar-refractivity contribution in [3.63, 3.8) is 0 Å². The van der Waals surface area contributed by atoms with Crippen molar-refractivity contribution in [2.75, 3.05) is 20.2 Å². The van der Waals surface area contributed by atoms with E-state index < -0.39 is 17.5 Å². The first-order valence-corrected chi connectivity index (χ1v) is 10.7. The molecule has 9 heteroatoms. The zero-order valence-corrected chi connectivity index (χ0v) is 18.8. The molecule has 4 rings (SSSR count). The van der Waals surface area contributed by atoms with E-state index in [4.69, 9.17) is 16.3 Å². The first kappa shape index (κ1) is 22.4. The van der Waals surface area contributed by atoms with Crippen LogP contribution in [0.5, 0.6) is 0 Å². The third kappa shape index (κ3) is 3.34. The maximum Gasteiger partial charge on any atom is 0.338 e. The second-order valence-corrected chi connectivity index (χ2v) is 7.61. The molecule has 168 valence electrons. The number of amides is 2. The van der Waals surface area contributed by atoms with Gasteiger partial charge in [-0.2, -0.15) is 0 Å². The zero-order chi connectivity index (χ0) is 23.6. The average Bonchev–Trinajstić information content (AvgIpc) is 3.36. The summed E-state index contributed by atoms with van der Waals surface area (Å²) in [4.78, 5) is 51.2. The average molecular weight is 465 g/mol. The molecule has 0 spiro atoms. The minimum Gasteiger partial charge on any atom is -0.465 e. The van der Waals surface area contributed by atoms with E-state index in [1.807, 2.05) is 19.1 Å². The standard InChI is InChI=1S/C24H21ClN4O4/c1-3-5-16(6-4-9-25)24-20-15-27-11-8-18(20)21(30)28(24)12-13-29(24)22(31)19-14-26-10-7-17(19)23(32)33-2/h3-11,14-15H,12-13H2,1-2H3/b5-3-,9-4+,16-6+. The molecule has 1 atom stereocenters. The first-order valence-electron chi connectivity index (χ1n) is 10.2. The number of pyridine rings is 2. The maximum atomic E-state index is 14.0. The molecule has 2 aromatic heterocycles. The van der Waals surface area contributed by atoms with E-state index in [9.17, 15) is 14.4 Å². The fraction of sp³-hybridized carbons (Fsp3) is 0.208. The van der Waals surface area contributed by atoms with Crippen LogP contribution in [0.4, 0.5) is 0 Å². The Morgan fingerprint density at radius 2 is 1.91 bits per heavy atom. The van der Waals surface area contributed by atoms with E-state index in [-0.39, 0.29) is 23.6 Å². The lowest BCUT2D eigenvalue weighted by atomic mass is 9.89. The molecule has 2 amide bonds. The van der Waals surface area contributed by atoms with Gasteiger partial charge in [-0.15, -0.1) is 0 Å². The fourth-order valence-corrected chi connectivity index (χ4v) is 4.61. The van der Waals surface area contributed by atoms with Crippen LogP contribution >= 0.6 is 11.6 Å². The van der Waals surface area contributed by atoms with Crippen LogP contribution in [0.3, 0.4) is 0 Å². The Hall–Kier alpha value is -3.78. The SMILES string of the molecule is C\C=C/C(=C\C=C\Cl)C12c3cnccc3C(=O)N1CCN2C(=O)c1cnccc1C(=O)OC. The number of carbonyl (C=O) groups is 3. The number of rotatable bonds is 5. The topological polar surface area (TPSA) is 92.7 Å². The van der Waals surface area contributed by atoms with Gasteiger partial charge in [0.15, 0.2) is 5.66 Å². The van der Waals surface area contributed by atoms with Gasteiger partial charge >= 0.3 is 5.97 Å². The predicted octanol–water partition coefficient (Wildman–Crippen LogP) is 3.28. The number of ether oxygens (including phenoxy) is 1. The number of halogens is 1. The van der Waals surface area contributed by atoms with E-state index in [1.165, 1.54) is 31.1 Å². The van der Waals surface area contributed by atoms with E-state index in [1.54, 1.807) is 40.4 Å². The summed E-state index contributed by atoms with van der Waals surface area (Å²) in [7, 11) is 1.25. The van der Waals surface area contributed by atoms with Crippen LogP contribution in [0.1, 0.15) is 43.6 Å². The molecule has 4 heterocycles. The molecular weight excluding hydrogens is 444 g/mol. The second-order valence-electron chi connectivity index (χ2n) is 7.36. The molecule has 2 aromatic rings. The summed E-state index contributed by atoms with van der Waals surface area (Å²) in [6.07, 6.45) is 12.9. The van der Waals surface area contributed by atoms with Gasteiger partial charge in [0.1, 0.15) is 0 Å². The normalized spacial score (nSPS) is 20.0. The van der Waals surface area contributed by atoms with E-state index in [2.05, 4.69) is 9.97 Å². The van der Waals surface area contributed by atoms with Gasteiger partial charge in [-0.1, -0.05) is 35.9 Å². The predicted molar refractivity (Wildman–Crippen MR) is 121 cm³/mol. The molecule has 1 fully saturated rings. The third-order valence-corrected chi connectivity index (χ3v) is 5.95. The minimum absolute atomic E-state index is 0.0862. The molecule has 1 unspecified atom stereocenters. The van der Waals surface area contributed by atoms with Crippen LogP contribution in [-0.4, -0.2) is 57.8 Å². The van der Waals surface area contributed by atoms with Crippen molar-refractivity contribution in [1.29, 1.82) is 0 Å². The summed E-state index contributed by atoms with van der Waals surface area (Å²) in [5, 5.41) is 0. The molecule has 0 bridgehead atoms. The molecule has 2 aliphatic heterocycles. The zero-order valence-electron chi connectivity index (χ0n) is 18.1. The highest BCUT2D eigenvalue weighted by Crippen LogP contribution is 2.50. The minimum atomic E-state index is -1.26. The van der Waals surface area contributed by atoms with Crippen LogP contribution < -0.4 is 0 Å².